The third-order valence-corrected chi connectivity index (χ3v) is 2.27. The molecule has 1 unspecified atom stereocenters. The number of halogens is 1. The van der Waals surface area contributed by atoms with Crippen LogP contribution in [0, 0.1) is 0 Å². The van der Waals surface area contributed by atoms with E-state index in [1.54, 1.807) is 12.4 Å². The van der Waals surface area contributed by atoms with Gasteiger partial charge in [-0.1, -0.05) is 0 Å². The average molecular weight is 274 g/mol. The van der Waals surface area contributed by atoms with Gasteiger partial charge >= 0.3 is 5.97 Å². The van der Waals surface area contributed by atoms with Crippen LogP contribution in [0.5, 0.6) is 0 Å². The van der Waals surface area contributed by atoms with E-state index in [0.29, 0.717) is 12.2 Å². The van der Waals surface area contributed by atoms with E-state index in [-0.39, 0.29) is 18.4 Å². The highest BCUT2D eigenvalue weighted by atomic mass is 79.9. The second-order valence-corrected chi connectivity index (χ2v) is 3.90. The van der Waals surface area contributed by atoms with Crippen molar-refractivity contribution in [3.63, 3.8) is 0 Å². The van der Waals surface area contributed by atoms with Gasteiger partial charge in [-0.2, -0.15) is 0 Å². The molecule has 0 radical (unpaired) electrons. The first-order chi connectivity index (χ1) is 7.13. The Morgan fingerprint density at radius 1 is 1.60 bits per heavy atom. The maximum atomic E-state index is 10.9. The van der Waals surface area contributed by atoms with Crippen molar-refractivity contribution in [2.45, 2.75) is 18.9 Å². The van der Waals surface area contributed by atoms with E-state index >= 15 is 0 Å². The SMILES string of the molecule is COC(=O)CCC(N)c1ncc(Br)cn1. The van der Waals surface area contributed by atoms with Crippen molar-refractivity contribution >= 4 is 21.9 Å². The van der Waals surface area contributed by atoms with E-state index < -0.39 is 0 Å². The van der Waals surface area contributed by atoms with E-state index in [2.05, 4.69) is 30.6 Å². The molecule has 2 N–H and O–H groups in total. The first kappa shape index (κ1) is 12.1. The first-order valence-electron chi connectivity index (χ1n) is 4.43. The number of methoxy groups -OCH3 is 1. The molecular weight excluding hydrogens is 262 g/mol. The summed E-state index contributed by atoms with van der Waals surface area (Å²) in [6.45, 7) is 0. The monoisotopic (exact) mass is 273 g/mol. The van der Waals surface area contributed by atoms with Crippen molar-refractivity contribution in [3.05, 3.63) is 22.7 Å². The molecule has 0 spiro atoms. The lowest BCUT2D eigenvalue weighted by Gasteiger charge is -2.08. The summed E-state index contributed by atoms with van der Waals surface area (Å²) in [6, 6.07) is -0.336. The number of nitrogens with two attached hydrogens (primary N) is 1. The molecule has 0 aliphatic heterocycles. The van der Waals surface area contributed by atoms with Crippen LogP contribution in [0.1, 0.15) is 24.7 Å². The van der Waals surface area contributed by atoms with E-state index in [1.807, 2.05) is 0 Å². The molecule has 1 rings (SSSR count). The summed E-state index contributed by atoms with van der Waals surface area (Å²) >= 11 is 3.23. The summed E-state index contributed by atoms with van der Waals surface area (Å²) in [5.41, 5.74) is 5.80. The average Bonchev–Trinajstić information content (AvgIpc) is 2.26. The van der Waals surface area contributed by atoms with Crippen molar-refractivity contribution in [2.24, 2.45) is 5.73 Å². The van der Waals surface area contributed by atoms with Crippen molar-refractivity contribution in [2.75, 3.05) is 7.11 Å². The minimum absolute atomic E-state index is 0.275. The summed E-state index contributed by atoms with van der Waals surface area (Å²) in [5, 5.41) is 0. The van der Waals surface area contributed by atoms with Crippen LogP contribution in [0.15, 0.2) is 16.9 Å². The number of nitrogens with zero attached hydrogens (tertiary/aromatic N) is 2. The minimum atomic E-state index is -0.336. The summed E-state index contributed by atoms with van der Waals surface area (Å²) in [6.07, 6.45) is 4.01. The fourth-order valence-electron chi connectivity index (χ4n) is 1.02. The fraction of sp³-hybridized carbons (Fsp3) is 0.444. The highest BCUT2D eigenvalue weighted by Crippen LogP contribution is 2.13. The summed E-state index contributed by atoms with van der Waals surface area (Å²) in [5.74, 6) is 0.254. The zero-order chi connectivity index (χ0) is 11.3. The smallest absolute Gasteiger partial charge is 0.305 e. The predicted molar refractivity (Wildman–Crippen MR) is 57.9 cm³/mol. The van der Waals surface area contributed by atoms with Crippen LogP contribution < -0.4 is 5.73 Å². The van der Waals surface area contributed by atoms with Crippen LogP contribution in [0.3, 0.4) is 0 Å². The molecule has 15 heavy (non-hydrogen) atoms. The van der Waals surface area contributed by atoms with Gasteiger partial charge in [-0.25, -0.2) is 9.97 Å². The van der Waals surface area contributed by atoms with Crippen molar-refractivity contribution in [1.29, 1.82) is 0 Å². The number of hydrogen-bond acceptors (Lipinski definition) is 5. The normalized spacial score (nSPS) is 12.2. The number of carbonyl (C=O) groups excluding carboxylic acids is 1. The molecule has 1 aromatic rings. The summed E-state index contributed by atoms with van der Waals surface area (Å²) < 4.78 is 5.31. The van der Waals surface area contributed by atoms with Gasteiger partial charge in [0.1, 0.15) is 5.82 Å². The quantitative estimate of drug-likeness (QED) is 0.834. The second kappa shape index (κ2) is 5.77. The topological polar surface area (TPSA) is 78.1 Å². The molecule has 0 fully saturated rings. The molecular formula is C9H12BrN3O2. The molecule has 1 aromatic heterocycles. The Balaban J connectivity index is 2.50. The Labute approximate surface area is 96.2 Å². The van der Waals surface area contributed by atoms with Gasteiger partial charge in [-0.15, -0.1) is 0 Å². The van der Waals surface area contributed by atoms with Gasteiger partial charge in [0.2, 0.25) is 0 Å². The van der Waals surface area contributed by atoms with Crippen LogP contribution in [0.4, 0.5) is 0 Å². The van der Waals surface area contributed by atoms with Crippen LogP contribution in [-0.2, 0) is 9.53 Å². The highest BCUT2D eigenvalue weighted by molar-refractivity contribution is 9.10. The maximum absolute atomic E-state index is 10.9. The Bertz CT molecular complexity index is 329. The molecule has 0 aliphatic carbocycles. The number of esters is 1. The van der Waals surface area contributed by atoms with E-state index in [4.69, 9.17) is 5.73 Å². The van der Waals surface area contributed by atoms with E-state index in [0.717, 1.165) is 4.47 Å². The molecule has 6 heteroatoms. The Hall–Kier alpha value is -1.01. The molecule has 0 saturated carbocycles. The number of rotatable bonds is 4. The Morgan fingerprint density at radius 3 is 2.73 bits per heavy atom. The van der Waals surface area contributed by atoms with Crippen LogP contribution in [0.2, 0.25) is 0 Å². The Kier molecular flexibility index (Phi) is 4.64. The van der Waals surface area contributed by atoms with Gasteiger partial charge in [-0.05, 0) is 22.4 Å². The van der Waals surface area contributed by atoms with Gasteiger partial charge < -0.3 is 10.5 Å². The molecule has 0 saturated heterocycles. The zero-order valence-corrected chi connectivity index (χ0v) is 9.90. The molecule has 1 atom stereocenters. The molecule has 5 nitrogen and oxygen atoms in total. The lowest BCUT2D eigenvalue weighted by atomic mass is 10.1. The van der Waals surface area contributed by atoms with E-state index in [9.17, 15) is 4.79 Å². The molecule has 1 heterocycles. The second-order valence-electron chi connectivity index (χ2n) is 2.98. The van der Waals surface area contributed by atoms with Crippen molar-refractivity contribution in [3.8, 4) is 0 Å². The Morgan fingerprint density at radius 2 is 2.20 bits per heavy atom. The molecule has 0 bridgehead atoms. The lowest BCUT2D eigenvalue weighted by molar-refractivity contribution is -0.140. The molecule has 0 aliphatic rings. The highest BCUT2D eigenvalue weighted by Gasteiger charge is 2.11. The fourth-order valence-corrected chi connectivity index (χ4v) is 1.22. The molecule has 82 valence electrons. The molecule has 0 amide bonds. The number of hydrogen-bond donors (Lipinski definition) is 1. The van der Waals surface area contributed by atoms with Crippen molar-refractivity contribution in [1.82, 2.24) is 9.97 Å². The number of carbonyl (C=O) groups is 1. The van der Waals surface area contributed by atoms with E-state index in [1.165, 1.54) is 7.11 Å². The first-order valence-corrected chi connectivity index (χ1v) is 5.22. The summed E-state index contributed by atoms with van der Waals surface area (Å²) in [4.78, 5) is 19.0. The van der Waals surface area contributed by atoms with Gasteiger partial charge in [0, 0.05) is 18.8 Å². The van der Waals surface area contributed by atoms with Gasteiger partial charge in [-0.3, -0.25) is 4.79 Å². The van der Waals surface area contributed by atoms with Gasteiger partial charge in [0.15, 0.2) is 0 Å². The van der Waals surface area contributed by atoms with Gasteiger partial charge in [0.25, 0.3) is 0 Å². The number of ether oxygens (including phenoxy) is 1. The summed E-state index contributed by atoms with van der Waals surface area (Å²) in [7, 11) is 1.35. The zero-order valence-electron chi connectivity index (χ0n) is 8.31. The van der Waals surface area contributed by atoms with Gasteiger partial charge in [0.05, 0.1) is 17.6 Å². The van der Waals surface area contributed by atoms with Crippen LogP contribution in [0.25, 0.3) is 0 Å². The third-order valence-electron chi connectivity index (χ3n) is 1.86. The third kappa shape index (κ3) is 3.93. The minimum Gasteiger partial charge on any atom is -0.469 e. The van der Waals surface area contributed by atoms with Crippen LogP contribution >= 0.6 is 15.9 Å². The number of aromatic nitrogens is 2. The molecule has 0 aromatic carbocycles. The standard InChI is InChI=1S/C9H12BrN3O2/c1-15-8(14)3-2-7(11)9-12-4-6(10)5-13-9/h4-5,7H,2-3,11H2,1H3. The van der Waals surface area contributed by atoms with Crippen molar-refractivity contribution < 1.29 is 9.53 Å². The van der Waals surface area contributed by atoms with Crippen LogP contribution in [-0.4, -0.2) is 23.0 Å². The largest absolute Gasteiger partial charge is 0.469 e. The predicted octanol–water partition coefficient (Wildman–Crippen LogP) is 1.19. The maximum Gasteiger partial charge on any atom is 0.305 e. The lowest BCUT2D eigenvalue weighted by Crippen LogP contribution is -2.15.